The highest BCUT2D eigenvalue weighted by molar-refractivity contribution is 7.17. The van der Waals surface area contributed by atoms with Gasteiger partial charge in [-0.1, -0.05) is 17.7 Å². The van der Waals surface area contributed by atoms with Gasteiger partial charge in [0.15, 0.2) is 0 Å². The van der Waals surface area contributed by atoms with E-state index in [1.54, 1.807) is 23.6 Å². The lowest BCUT2D eigenvalue weighted by Crippen LogP contribution is -2.43. The molecule has 8 heteroatoms. The molecule has 0 spiro atoms. The van der Waals surface area contributed by atoms with Crippen LogP contribution in [-0.4, -0.2) is 28.5 Å². The number of piperidine rings is 1. The number of anilines is 2. The van der Waals surface area contributed by atoms with Gasteiger partial charge in [-0.05, 0) is 74.0 Å². The Kier molecular flexibility index (Phi) is 5.91. The number of benzene rings is 2. The maximum atomic E-state index is 13.6. The van der Waals surface area contributed by atoms with E-state index in [0.29, 0.717) is 40.5 Å². The van der Waals surface area contributed by atoms with Crippen LogP contribution in [0, 0.1) is 25.6 Å². The van der Waals surface area contributed by atoms with Crippen molar-refractivity contribution >= 4 is 39.1 Å². The van der Waals surface area contributed by atoms with E-state index in [1.807, 2.05) is 47.5 Å². The fourth-order valence-electron chi connectivity index (χ4n) is 4.38. The molecule has 4 aromatic rings. The summed E-state index contributed by atoms with van der Waals surface area (Å²) in [6.45, 7) is 4.82. The van der Waals surface area contributed by atoms with Crippen LogP contribution in [0.3, 0.4) is 0 Å². The molecule has 34 heavy (non-hydrogen) atoms. The minimum atomic E-state index is -0.300. The lowest BCUT2D eigenvalue weighted by molar-refractivity contribution is -0.120. The predicted octanol–water partition coefficient (Wildman–Crippen LogP) is 5.06. The Morgan fingerprint density at radius 2 is 1.94 bits per heavy atom. The van der Waals surface area contributed by atoms with Gasteiger partial charge in [0.2, 0.25) is 11.9 Å². The first kappa shape index (κ1) is 22.3. The summed E-state index contributed by atoms with van der Waals surface area (Å²) in [5, 5.41) is 4.80. The van der Waals surface area contributed by atoms with Crippen molar-refractivity contribution in [3.8, 4) is 5.69 Å². The van der Waals surface area contributed by atoms with Gasteiger partial charge in [-0.15, -0.1) is 11.3 Å². The second kappa shape index (κ2) is 9.02. The monoisotopic (exact) mass is 476 g/mol. The molecular weight excluding hydrogens is 451 g/mol. The molecule has 0 unspecified atom stereocenters. The number of nitrogens with one attached hydrogen (secondary N) is 1. The molecule has 1 aliphatic rings. The zero-order valence-corrected chi connectivity index (χ0v) is 19.9. The summed E-state index contributed by atoms with van der Waals surface area (Å²) in [6.07, 6.45) is 1.53. The maximum Gasteiger partial charge on any atom is 0.277 e. The number of fused-ring (bicyclic) bond motifs is 1. The van der Waals surface area contributed by atoms with Crippen LogP contribution in [-0.2, 0) is 4.79 Å². The van der Waals surface area contributed by atoms with E-state index < -0.39 is 0 Å². The Labute approximate surface area is 200 Å². The molecule has 0 aliphatic carbocycles. The second-order valence-corrected chi connectivity index (χ2v) is 9.68. The van der Waals surface area contributed by atoms with Gasteiger partial charge in [0, 0.05) is 18.8 Å². The Hall–Kier alpha value is -3.52. The molecular formula is C26H25FN4O2S. The molecule has 1 amide bonds. The fourth-order valence-corrected chi connectivity index (χ4v) is 5.14. The molecule has 3 heterocycles. The summed E-state index contributed by atoms with van der Waals surface area (Å²) >= 11 is 1.38. The van der Waals surface area contributed by atoms with E-state index in [1.165, 1.54) is 17.4 Å². The SMILES string of the molecule is Cc1ccc(-n2c(N3CCC[C@H](C(=O)Nc4ccc(F)c(C)c4)C3)nc3ccsc3c2=O)cc1. The minimum absolute atomic E-state index is 0.104. The van der Waals surface area contributed by atoms with Gasteiger partial charge in [0.1, 0.15) is 10.5 Å². The number of amides is 1. The normalized spacial score (nSPS) is 16.1. The maximum absolute atomic E-state index is 13.6. The quantitative estimate of drug-likeness (QED) is 0.447. The molecule has 1 aliphatic heterocycles. The zero-order chi connectivity index (χ0) is 23.8. The van der Waals surface area contributed by atoms with Gasteiger partial charge in [0.25, 0.3) is 5.56 Å². The van der Waals surface area contributed by atoms with E-state index in [9.17, 15) is 14.0 Å². The van der Waals surface area contributed by atoms with Crippen molar-refractivity contribution < 1.29 is 9.18 Å². The Balaban J connectivity index is 1.47. The number of hydrogen-bond donors (Lipinski definition) is 1. The fraction of sp³-hybridized carbons (Fsp3) is 0.269. The molecule has 2 aromatic heterocycles. The van der Waals surface area contributed by atoms with Crippen molar-refractivity contribution in [3.63, 3.8) is 0 Å². The summed E-state index contributed by atoms with van der Waals surface area (Å²) in [5.74, 6) is -0.141. The van der Waals surface area contributed by atoms with Crippen LogP contribution in [0.1, 0.15) is 24.0 Å². The first-order valence-corrected chi connectivity index (χ1v) is 12.2. The molecule has 0 saturated carbocycles. The van der Waals surface area contributed by atoms with Crippen molar-refractivity contribution in [1.82, 2.24) is 9.55 Å². The molecule has 5 rings (SSSR count). The first-order chi connectivity index (χ1) is 16.4. The Morgan fingerprint density at radius 3 is 2.71 bits per heavy atom. The topological polar surface area (TPSA) is 67.2 Å². The summed E-state index contributed by atoms with van der Waals surface area (Å²) in [5.41, 5.74) is 3.49. The van der Waals surface area contributed by atoms with Crippen LogP contribution < -0.4 is 15.8 Å². The number of nitrogens with zero attached hydrogens (tertiary/aromatic N) is 3. The molecule has 0 radical (unpaired) electrons. The minimum Gasteiger partial charge on any atom is -0.341 e. The highest BCUT2D eigenvalue weighted by atomic mass is 32.1. The average Bonchev–Trinajstić information content (AvgIpc) is 3.31. The molecule has 1 fully saturated rings. The second-order valence-electron chi connectivity index (χ2n) is 8.76. The predicted molar refractivity (Wildman–Crippen MR) is 135 cm³/mol. The highest BCUT2D eigenvalue weighted by Crippen LogP contribution is 2.27. The molecule has 6 nitrogen and oxygen atoms in total. The van der Waals surface area contributed by atoms with Gasteiger partial charge >= 0.3 is 0 Å². The van der Waals surface area contributed by atoms with E-state index in [2.05, 4.69) is 5.32 Å². The molecule has 174 valence electrons. The number of hydrogen-bond acceptors (Lipinski definition) is 5. The summed E-state index contributed by atoms with van der Waals surface area (Å²) in [6, 6.07) is 14.2. The van der Waals surface area contributed by atoms with Gasteiger partial charge in [-0.25, -0.2) is 13.9 Å². The van der Waals surface area contributed by atoms with Gasteiger partial charge in [-0.2, -0.15) is 0 Å². The van der Waals surface area contributed by atoms with Crippen LogP contribution in [0.15, 0.2) is 58.7 Å². The van der Waals surface area contributed by atoms with E-state index in [4.69, 9.17) is 4.98 Å². The van der Waals surface area contributed by atoms with Crippen molar-refractivity contribution in [3.05, 3.63) is 81.2 Å². The largest absolute Gasteiger partial charge is 0.341 e. The third kappa shape index (κ3) is 4.21. The number of aryl methyl sites for hydroxylation is 2. The van der Waals surface area contributed by atoms with Gasteiger partial charge < -0.3 is 10.2 Å². The summed E-state index contributed by atoms with van der Waals surface area (Å²) < 4.78 is 15.9. The van der Waals surface area contributed by atoms with Crippen molar-refractivity contribution in [1.29, 1.82) is 0 Å². The molecule has 1 saturated heterocycles. The van der Waals surface area contributed by atoms with Crippen molar-refractivity contribution in [2.24, 2.45) is 5.92 Å². The molecule has 0 bridgehead atoms. The van der Waals surface area contributed by atoms with Gasteiger partial charge in [0.05, 0.1) is 17.1 Å². The Bertz CT molecular complexity index is 1430. The van der Waals surface area contributed by atoms with Crippen molar-refractivity contribution in [2.75, 3.05) is 23.3 Å². The number of aromatic nitrogens is 2. The standard InChI is InChI=1S/C26H25FN4O2S/c1-16-5-8-20(9-6-16)31-25(33)23-22(11-13-34-23)29-26(31)30-12-3-4-18(15-30)24(32)28-19-7-10-21(27)17(2)14-19/h5-11,13-14,18H,3-4,12,15H2,1-2H3,(H,28,32)/t18-/m0/s1. The smallest absolute Gasteiger partial charge is 0.277 e. The average molecular weight is 477 g/mol. The van der Waals surface area contributed by atoms with E-state index in [-0.39, 0.29) is 23.2 Å². The number of carbonyl (C=O) groups is 1. The van der Waals surface area contributed by atoms with Crippen LogP contribution in [0.4, 0.5) is 16.0 Å². The van der Waals surface area contributed by atoms with Crippen LogP contribution in [0.25, 0.3) is 15.9 Å². The zero-order valence-electron chi connectivity index (χ0n) is 19.0. The van der Waals surface area contributed by atoms with Crippen LogP contribution >= 0.6 is 11.3 Å². The van der Waals surface area contributed by atoms with Gasteiger partial charge in [-0.3, -0.25) is 9.59 Å². The molecule has 1 atom stereocenters. The first-order valence-electron chi connectivity index (χ1n) is 11.3. The highest BCUT2D eigenvalue weighted by Gasteiger charge is 2.29. The van der Waals surface area contributed by atoms with E-state index in [0.717, 1.165) is 24.1 Å². The molecule has 1 N–H and O–H groups in total. The lowest BCUT2D eigenvalue weighted by Gasteiger charge is -2.34. The number of rotatable bonds is 4. The summed E-state index contributed by atoms with van der Waals surface area (Å²) in [4.78, 5) is 33.4. The molecule has 2 aromatic carbocycles. The lowest BCUT2D eigenvalue weighted by atomic mass is 9.97. The number of halogens is 1. The van der Waals surface area contributed by atoms with Crippen molar-refractivity contribution in [2.45, 2.75) is 26.7 Å². The summed E-state index contributed by atoms with van der Waals surface area (Å²) in [7, 11) is 0. The third-order valence-corrected chi connectivity index (χ3v) is 7.15. The van der Waals surface area contributed by atoms with Crippen LogP contribution in [0.2, 0.25) is 0 Å². The third-order valence-electron chi connectivity index (χ3n) is 6.25. The number of thiophene rings is 1. The number of carbonyl (C=O) groups excluding carboxylic acids is 1. The Morgan fingerprint density at radius 1 is 1.15 bits per heavy atom. The van der Waals surface area contributed by atoms with Crippen LogP contribution in [0.5, 0.6) is 0 Å². The van der Waals surface area contributed by atoms with E-state index >= 15 is 0 Å².